The van der Waals surface area contributed by atoms with Gasteiger partial charge in [0.2, 0.25) is 0 Å². The van der Waals surface area contributed by atoms with E-state index in [1.165, 1.54) is 6.92 Å². The largest absolute Gasteiger partial charge is 0.455 e. The summed E-state index contributed by atoms with van der Waals surface area (Å²) in [6.07, 6.45) is 0.660. The van der Waals surface area contributed by atoms with E-state index in [1.54, 1.807) is 6.92 Å². The number of esters is 1. The minimum atomic E-state index is -1.14. The van der Waals surface area contributed by atoms with E-state index in [1.807, 2.05) is 30.3 Å². The first-order valence-electron chi connectivity index (χ1n) is 7.54. The third-order valence-corrected chi connectivity index (χ3v) is 5.25. The number of hydrogen-bond acceptors (Lipinski definition) is 4. The third-order valence-electron chi connectivity index (χ3n) is 4.15. The van der Waals surface area contributed by atoms with Gasteiger partial charge in [-0.1, -0.05) is 30.3 Å². The molecule has 1 N–H and O–H groups in total. The van der Waals surface area contributed by atoms with Crippen molar-refractivity contribution in [1.29, 1.82) is 0 Å². The first-order chi connectivity index (χ1) is 11.2. The molecule has 0 spiro atoms. The topological polar surface area (TPSA) is 72.5 Å². The van der Waals surface area contributed by atoms with Crippen LogP contribution in [0.15, 0.2) is 30.3 Å². The predicted octanol–water partition coefficient (Wildman–Crippen LogP) is 2.43. The van der Waals surface area contributed by atoms with Crippen LogP contribution in [0.5, 0.6) is 0 Å². The number of rotatable bonds is 7. The van der Waals surface area contributed by atoms with E-state index in [2.05, 4.69) is 5.32 Å². The maximum absolute atomic E-state index is 12.0. The highest BCUT2D eigenvalue weighted by Crippen LogP contribution is 2.64. The molecule has 0 bridgehead atoms. The number of nitrogens with one attached hydrogen (secondary N) is 1. The summed E-state index contributed by atoms with van der Waals surface area (Å²) in [5.74, 6) is -1.34. The number of ketones is 1. The molecule has 1 fully saturated rings. The molecule has 1 aliphatic carbocycles. The predicted molar refractivity (Wildman–Crippen MR) is 90.9 cm³/mol. The van der Waals surface area contributed by atoms with Gasteiger partial charge in [-0.05, 0) is 25.8 Å². The van der Waals surface area contributed by atoms with E-state index in [4.69, 9.17) is 27.9 Å². The van der Waals surface area contributed by atoms with Crippen LogP contribution in [0, 0.1) is 5.41 Å². The van der Waals surface area contributed by atoms with E-state index >= 15 is 0 Å². The molecule has 2 atom stereocenters. The summed E-state index contributed by atoms with van der Waals surface area (Å²) in [5, 5.41) is 2.58. The van der Waals surface area contributed by atoms with Crippen LogP contribution in [0.3, 0.4) is 0 Å². The molecule has 7 heteroatoms. The first kappa shape index (κ1) is 18.7. The van der Waals surface area contributed by atoms with Crippen molar-refractivity contribution >= 4 is 40.9 Å². The van der Waals surface area contributed by atoms with Crippen LogP contribution in [0.4, 0.5) is 0 Å². The summed E-state index contributed by atoms with van der Waals surface area (Å²) in [6.45, 7) is 2.51. The lowest BCUT2D eigenvalue weighted by atomic mass is 10.0. The Kier molecular flexibility index (Phi) is 5.56. The zero-order valence-electron chi connectivity index (χ0n) is 13.5. The highest BCUT2D eigenvalue weighted by atomic mass is 35.5. The van der Waals surface area contributed by atoms with Gasteiger partial charge in [-0.2, -0.15) is 0 Å². The van der Waals surface area contributed by atoms with Crippen molar-refractivity contribution in [3.8, 4) is 0 Å². The number of amides is 1. The number of alkyl halides is 2. The van der Waals surface area contributed by atoms with Gasteiger partial charge in [-0.25, -0.2) is 0 Å². The average molecular weight is 372 g/mol. The van der Waals surface area contributed by atoms with E-state index in [-0.39, 0.29) is 12.2 Å². The normalized spacial score (nSPS) is 22.3. The fraction of sp³-hybridized carbons (Fsp3) is 0.471. The molecule has 24 heavy (non-hydrogen) atoms. The molecular formula is C17H19Cl2NO4. The summed E-state index contributed by atoms with van der Waals surface area (Å²) < 4.78 is 3.82. The maximum atomic E-state index is 12.0. The molecule has 1 aromatic rings. The molecule has 1 saturated carbocycles. The fourth-order valence-corrected chi connectivity index (χ4v) is 2.98. The van der Waals surface area contributed by atoms with Crippen molar-refractivity contribution < 1.29 is 19.1 Å². The number of benzene rings is 1. The van der Waals surface area contributed by atoms with Crippen molar-refractivity contribution in [3.05, 3.63) is 35.9 Å². The van der Waals surface area contributed by atoms with Crippen LogP contribution >= 0.6 is 23.2 Å². The Labute approximate surface area is 150 Å². The van der Waals surface area contributed by atoms with Gasteiger partial charge in [-0.15, -0.1) is 23.2 Å². The molecule has 130 valence electrons. The lowest BCUT2D eigenvalue weighted by Crippen LogP contribution is -2.43. The molecule has 0 aliphatic heterocycles. The zero-order valence-corrected chi connectivity index (χ0v) is 15.0. The van der Waals surface area contributed by atoms with Gasteiger partial charge in [-0.3, -0.25) is 14.4 Å². The van der Waals surface area contributed by atoms with Gasteiger partial charge >= 0.3 is 5.97 Å². The zero-order chi connectivity index (χ0) is 18.0. The van der Waals surface area contributed by atoms with Gasteiger partial charge in [0.15, 0.2) is 12.4 Å². The van der Waals surface area contributed by atoms with Gasteiger partial charge in [0.05, 0.1) is 6.04 Å². The van der Waals surface area contributed by atoms with Crippen molar-refractivity contribution in [3.63, 3.8) is 0 Å². The minimum Gasteiger partial charge on any atom is -0.455 e. The summed E-state index contributed by atoms with van der Waals surface area (Å²) in [7, 11) is 0. The second-order valence-electron chi connectivity index (χ2n) is 6.21. The van der Waals surface area contributed by atoms with E-state index < -0.39 is 34.3 Å². The quantitative estimate of drug-likeness (QED) is 0.590. The van der Waals surface area contributed by atoms with Gasteiger partial charge in [0.1, 0.15) is 9.75 Å². The third kappa shape index (κ3) is 4.28. The number of carbonyl (C=O) groups is 3. The number of Topliss-reactive ketones (excluding diaryl/α,β-unsaturated/α-hetero) is 1. The second-order valence-corrected chi connectivity index (χ2v) is 7.69. The lowest BCUT2D eigenvalue weighted by molar-refractivity contribution is -0.153. The molecule has 1 amide bonds. The summed E-state index contributed by atoms with van der Waals surface area (Å²) in [5.41, 5.74) is -0.0602. The van der Waals surface area contributed by atoms with Gasteiger partial charge in [0.25, 0.3) is 5.91 Å². The maximum Gasteiger partial charge on any atom is 0.315 e. The van der Waals surface area contributed by atoms with E-state index in [0.29, 0.717) is 6.42 Å². The second kappa shape index (κ2) is 7.11. The minimum absolute atomic E-state index is 0.173. The number of hydrogen-bond donors (Lipinski definition) is 1. The van der Waals surface area contributed by atoms with Crippen molar-refractivity contribution in [2.75, 3.05) is 6.61 Å². The average Bonchev–Trinajstić information content (AvgIpc) is 3.05. The number of halogens is 2. The molecule has 1 aliphatic rings. The van der Waals surface area contributed by atoms with Crippen molar-refractivity contribution in [2.24, 2.45) is 5.41 Å². The standard InChI is InChI=1S/C17H19Cl2NO4/c1-11(21)13(8-12-6-4-3-5-7-12)20-14(22)9-24-15(23)16(2)10-17(16,18)19/h3-7,13H,8-10H2,1-2H3,(H,20,22)/t13-,16+/m1/s1. The molecule has 5 nitrogen and oxygen atoms in total. The van der Waals surface area contributed by atoms with Crippen LogP contribution in [-0.4, -0.2) is 34.6 Å². The molecule has 0 aromatic heterocycles. The SMILES string of the molecule is CC(=O)[C@@H](Cc1ccccc1)NC(=O)COC(=O)[C@]1(C)CC1(Cl)Cl. The van der Waals surface area contributed by atoms with Crippen LogP contribution in [0.25, 0.3) is 0 Å². The molecule has 0 heterocycles. The summed E-state index contributed by atoms with van der Waals surface area (Å²) in [4.78, 5) is 35.6. The van der Waals surface area contributed by atoms with Crippen LogP contribution in [-0.2, 0) is 25.5 Å². The fourth-order valence-electron chi connectivity index (χ4n) is 2.29. The molecule has 0 unspecified atom stereocenters. The Morgan fingerprint density at radius 3 is 2.33 bits per heavy atom. The lowest BCUT2D eigenvalue weighted by Gasteiger charge is -2.17. The molecule has 0 saturated heterocycles. The molecule has 2 rings (SSSR count). The Bertz CT molecular complexity index is 647. The molecule has 0 radical (unpaired) electrons. The van der Waals surface area contributed by atoms with E-state index in [9.17, 15) is 14.4 Å². The van der Waals surface area contributed by atoms with E-state index in [0.717, 1.165) is 5.56 Å². The van der Waals surface area contributed by atoms with Gasteiger partial charge in [0, 0.05) is 6.42 Å². The summed E-state index contributed by atoms with van der Waals surface area (Å²) >= 11 is 11.8. The van der Waals surface area contributed by atoms with Crippen LogP contribution < -0.4 is 5.32 Å². The highest BCUT2D eigenvalue weighted by Gasteiger charge is 2.69. The number of ether oxygens (including phenoxy) is 1. The van der Waals surface area contributed by atoms with Crippen molar-refractivity contribution in [1.82, 2.24) is 5.32 Å². The van der Waals surface area contributed by atoms with Gasteiger partial charge < -0.3 is 10.1 Å². The van der Waals surface area contributed by atoms with Crippen LogP contribution in [0.2, 0.25) is 0 Å². The first-order valence-corrected chi connectivity index (χ1v) is 8.30. The molecule has 1 aromatic carbocycles. The van der Waals surface area contributed by atoms with Crippen LogP contribution in [0.1, 0.15) is 25.8 Å². The Balaban J connectivity index is 1.85. The van der Waals surface area contributed by atoms with Crippen molar-refractivity contribution in [2.45, 2.75) is 37.1 Å². The molecular weight excluding hydrogens is 353 g/mol. The number of carbonyl (C=O) groups excluding carboxylic acids is 3. The Morgan fingerprint density at radius 1 is 1.25 bits per heavy atom. The highest BCUT2D eigenvalue weighted by molar-refractivity contribution is 6.53. The monoisotopic (exact) mass is 371 g/mol. The Hall–Kier alpha value is -1.59. The Morgan fingerprint density at radius 2 is 1.83 bits per heavy atom. The summed E-state index contributed by atoms with van der Waals surface area (Å²) in [6, 6.07) is 8.66. The smallest absolute Gasteiger partial charge is 0.315 e.